The number of benzene rings is 1. The van der Waals surface area contributed by atoms with Gasteiger partial charge >= 0.3 is 0 Å². The standard InChI is InChI=1S/C37H36Cl2N8O4/c1-51-36-22(16-40-19-24-6-9-31(48)44-24)5-8-29(46-36)28-4-2-3-26(33(28)38)27-11-13-42-35(34(27)39)21-12-14-47-30(15-21)43-18-23(37(47)50)17-41-20-25-7-10-32(49)45-25/h2-5,8,11-15,18,24-25,40-41H,6-7,9-10,16-17,19-20H2,1H3,(H,44,48)(H,45,49)/t24-,25+/m1/s1. The number of hydrogen-bond acceptors (Lipinski definition) is 9. The predicted molar refractivity (Wildman–Crippen MR) is 196 cm³/mol. The molecule has 4 N–H and O–H groups in total. The molecule has 262 valence electrons. The van der Waals surface area contributed by atoms with E-state index in [0.29, 0.717) is 99.8 Å². The number of methoxy groups -OCH3 is 1. The van der Waals surface area contributed by atoms with Crippen LogP contribution in [0, 0.1) is 0 Å². The van der Waals surface area contributed by atoms with E-state index in [4.69, 9.17) is 32.9 Å². The highest BCUT2D eigenvalue weighted by Gasteiger charge is 2.22. The van der Waals surface area contributed by atoms with Gasteiger partial charge in [-0.25, -0.2) is 9.97 Å². The highest BCUT2D eigenvalue weighted by molar-refractivity contribution is 6.39. The fourth-order valence-corrected chi connectivity index (χ4v) is 7.17. The number of halogens is 2. The minimum absolute atomic E-state index is 0.0556. The summed E-state index contributed by atoms with van der Waals surface area (Å²) in [7, 11) is 1.58. The van der Waals surface area contributed by atoms with Crippen LogP contribution in [0.3, 0.4) is 0 Å². The minimum atomic E-state index is -0.181. The maximum atomic E-state index is 13.2. The third-order valence-electron chi connectivity index (χ3n) is 9.22. The van der Waals surface area contributed by atoms with Crippen LogP contribution in [-0.4, -0.2) is 63.4 Å². The van der Waals surface area contributed by atoms with E-state index in [2.05, 4.69) is 31.2 Å². The van der Waals surface area contributed by atoms with Crippen molar-refractivity contribution in [2.75, 3.05) is 20.2 Å². The molecular weight excluding hydrogens is 691 g/mol. The molecule has 0 aliphatic carbocycles. The number of carbonyl (C=O) groups is 2. The van der Waals surface area contributed by atoms with Crippen molar-refractivity contribution in [2.45, 2.75) is 50.9 Å². The van der Waals surface area contributed by atoms with Crippen LogP contribution in [-0.2, 0) is 22.7 Å². The molecule has 51 heavy (non-hydrogen) atoms. The van der Waals surface area contributed by atoms with Crippen molar-refractivity contribution < 1.29 is 14.3 Å². The average Bonchev–Trinajstić information content (AvgIpc) is 3.76. The molecule has 4 aromatic heterocycles. The lowest BCUT2D eigenvalue weighted by Gasteiger charge is -2.15. The van der Waals surface area contributed by atoms with Crippen LogP contribution in [0.25, 0.3) is 39.3 Å². The molecule has 1 aromatic carbocycles. The first-order chi connectivity index (χ1) is 24.8. The van der Waals surface area contributed by atoms with Crippen LogP contribution >= 0.6 is 23.2 Å². The molecule has 2 aliphatic heterocycles. The predicted octanol–water partition coefficient (Wildman–Crippen LogP) is 4.54. The number of pyridine rings is 3. The average molecular weight is 728 g/mol. The van der Waals surface area contributed by atoms with Crippen molar-refractivity contribution >= 4 is 40.7 Å². The molecule has 7 rings (SSSR count). The fourth-order valence-electron chi connectivity index (χ4n) is 6.53. The van der Waals surface area contributed by atoms with Crippen LogP contribution < -0.4 is 31.6 Å². The Kier molecular flexibility index (Phi) is 10.3. The molecule has 2 amide bonds. The van der Waals surface area contributed by atoms with Crippen LogP contribution in [0.5, 0.6) is 5.88 Å². The zero-order valence-corrected chi connectivity index (χ0v) is 29.4. The summed E-state index contributed by atoms with van der Waals surface area (Å²) in [6.07, 6.45) is 7.61. The van der Waals surface area contributed by atoms with Crippen molar-refractivity contribution in [2.24, 2.45) is 0 Å². The lowest BCUT2D eigenvalue weighted by atomic mass is 9.99. The summed E-state index contributed by atoms with van der Waals surface area (Å²) in [6.45, 7) is 2.12. The van der Waals surface area contributed by atoms with E-state index in [1.54, 1.807) is 37.8 Å². The molecule has 5 aromatic rings. The van der Waals surface area contributed by atoms with E-state index < -0.39 is 0 Å². The Morgan fingerprint density at radius 3 is 2.22 bits per heavy atom. The molecule has 2 aliphatic rings. The second-order valence-corrected chi connectivity index (χ2v) is 13.4. The van der Waals surface area contributed by atoms with Gasteiger partial charge in [0.05, 0.1) is 28.5 Å². The van der Waals surface area contributed by atoms with E-state index in [-0.39, 0.29) is 29.5 Å². The van der Waals surface area contributed by atoms with Gasteiger partial charge in [-0.2, -0.15) is 0 Å². The van der Waals surface area contributed by atoms with Crippen LogP contribution in [0.1, 0.15) is 36.8 Å². The Bertz CT molecular complexity index is 2190. The summed E-state index contributed by atoms with van der Waals surface area (Å²) >= 11 is 14.1. The third-order valence-corrected chi connectivity index (χ3v) is 10.0. The molecule has 2 fully saturated rings. The smallest absolute Gasteiger partial charge is 0.262 e. The van der Waals surface area contributed by atoms with Crippen molar-refractivity contribution in [3.63, 3.8) is 0 Å². The van der Waals surface area contributed by atoms with Crippen molar-refractivity contribution in [3.8, 4) is 39.5 Å². The summed E-state index contributed by atoms with van der Waals surface area (Å²) in [4.78, 5) is 50.1. The van der Waals surface area contributed by atoms with Gasteiger partial charge in [-0.15, -0.1) is 0 Å². The SMILES string of the molecule is COc1nc(-c2cccc(-c3ccnc(-c4ccn5c(=O)c(CNC[C@@H]6CCC(=O)N6)cnc5c4)c3Cl)c2Cl)ccc1CNC[C@H]1CCC(=O)N1. The van der Waals surface area contributed by atoms with Gasteiger partial charge in [0.2, 0.25) is 17.7 Å². The van der Waals surface area contributed by atoms with Crippen LogP contribution in [0.4, 0.5) is 0 Å². The Labute approximate surface area is 304 Å². The van der Waals surface area contributed by atoms with Gasteiger partial charge in [0.15, 0.2) is 0 Å². The zero-order chi connectivity index (χ0) is 35.5. The third kappa shape index (κ3) is 7.45. The van der Waals surface area contributed by atoms with Gasteiger partial charge in [0, 0.05) is 103 Å². The Balaban J connectivity index is 1.10. The number of rotatable bonds is 12. The number of nitrogens with zero attached hydrogens (tertiary/aromatic N) is 4. The molecule has 12 nitrogen and oxygen atoms in total. The quantitative estimate of drug-likeness (QED) is 0.145. The molecule has 0 unspecified atom stereocenters. The molecule has 2 saturated heterocycles. The number of aromatic nitrogens is 4. The van der Waals surface area contributed by atoms with Gasteiger partial charge in [-0.1, -0.05) is 47.5 Å². The van der Waals surface area contributed by atoms with E-state index in [9.17, 15) is 14.4 Å². The van der Waals surface area contributed by atoms with Crippen LogP contribution in [0.15, 0.2) is 71.9 Å². The Hall–Kier alpha value is -4.88. The molecule has 0 saturated carbocycles. The first kappa shape index (κ1) is 34.6. The molecule has 0 bridgehead atoms. The lowest BCUT2D eigenvalue weighted by molar-refractivity contribution is -0.120. The normalized spacial score (nSPS) is 17.2. The molecule has 2 atom stereocenters. The molecule has 0 radical (unpaired) electrons. The number of fused-ring (bicyclic) bond motifs is 1. The summed E-state index contributed by atoms with van der Waals surface area (Å²) < 4.78 is 7.13. The molecular formula is C37H36Cl2N8O4. The van der Waals surface area contributed by atoms with E-state index in [0.717, 1.165) is 18.4 Å². The lowest BCUT2D eigenvalue weighted by Crippen LogP contribution is -2.36. The van der Waals surface area contributed by atoms with Gasteiger partial charge in [-0.3, -0.25) is 23.8 Å². The summed E-state index contributed by atoms with van der Waals surface area (Å²) in [5.41, 5.74) is 5.63. The second-order valence-electron chi connectivity index (χ2n) is 12.7. The number of carbonyl (C=O) groups excluding carboxylic acids is 2. The highest BCUT2D eigenvalue weighted by atomic mass is 35.5. The number of ether oxygens (including phenoxy) is 1. The van der Waals surface area contributed by atoms with Gasteiger partial charge < -0.3 is 26.0 Å². The topological polar surface area (TPSA) is 152 Å². The van der Waals surface area contributed by atoms with E-state index in [1.165, 1.54) is 4.40 Å². The second kappa shape index (κ2) is 15.2. The van der Waals surface area contributed by atoms with E-state index in [1.807, 2.05) is 36.4 Å². The zero-order valence-electron chi connectivity index (χ0n) is 27.8. The van der Waals surface area contributed by atoms with Gasteiger partial charge in [0.25, 0.3) is 5.56 Å². The maximum absolute atomic E-state index is 13.2. The first-order valence-corrected chi connectivity index (χ1v) is 17.5. The Morgan fingerprint density at radius 1 is 0.843 bits per heavy atom. The van der Waals surface area contributed by atoms with Crippen LogP contribution in [0.2, 0.25) is 10.0 Å². The summed E-state index contributed by atoms with van der Waals surface area (Å²) in [5.74, 6) is 0.623. The monoisotopic (exact) mass is 726 g/mol. The first-order valence-electron chi connectivity index (χ1n) is 16.8. The largest absolute Gasteiger partial charge is 0.481 e. The van der Waals surface area contributed by atoms with Crippen molar-refractivity contribution in [3.05, 3.63) is 98.6 Å². The Morgan fingerprint density at radius 2 is 1.53 bits per heavy atom. The molecule has 6 heterocycles. The van der Waals surface area contributed by atoms with Crippen molar-refractivity contribution in [1.82, 2.24) is 40.6 Å². The van der Waals surface area contributed by atoms with Crippen molar-refractivity contribution in [1.29, 1.82) is 0 Å². The summed E-state index contributed by atoms with van der Waals surface area (Å²) in [6, 6.07) is 15.1. The number of nitrogens with one attached hydrogen (secondary N) is 4. The number of amides is 2. The van der Waals surface area contributed by atoms with Gasteiger partial charge in [-0.05, 0) is 37.1 Å². The van der Waals surface area contributed by atoms with Gasteiger partial charge in [0.1, 0.15) is 5.65 Å². The highest BCUT2D eigenvalue weighted by Crippen LogP contribution is 2.41. The van der Waals surface area contributed by atoms with E-state index >= 15 is 0 Å². The minimum Gasteiger partial charge on any atom is -0.481 e. The summed E-state index contributed by atoms with van der Waals surface area (Å²) in [5, 5.41) is 13.4. The molecule has 14 heteroatoms. The number of hydrogen-bond donors (Lipinski definition) is 4. The fraction of sp³-hybridized carbons (Fsp3) is 0.297. The maximum Gasteiger partial charge on any atom is 0.262 e. The molecule has 0 spiro atoms.